The Morgan fingerprint density at radius 3 is 2.61 bits per heavy atom. The van der Waals surface area contributed by atoms with Gasteiger partial charge in [-0.3, -0.25) is 9.59 Å². The van der Waals surface area contributed by atoms with E-state index in [0.29, 0.717) is 18.5 Å². The van der Waals surface area contributed by atoms with Crippen LogP contribution >= 0.6 is 0 Å². The predicted molar refractivity (Wildman–Crippen MR) is 106 cm³/mol. The van der Waals surface area contributed by atoms with Crippen molar-refractivity contribution < 1.29 is 14.0 Å². The van der Waals surface area contributed by atoms with Gasteiger partial charge in [-0.1, -0.05) is 43.3 Å². The Morgan fingerprint density at radius 2 is 1.96 bits per heavy atom. The molecule has 28 heavy (non-hydrogen) atoms. The molecule has 2 amide bonds. The van der Waals surface area contributed by atoms with Crippen molar-refractivity contribution in [1.29, 1.82) is 0 Å². The molecule has 1 unspecified atom stereocenters. The van der Waals surface area contributed by atoms with Crippen molar-refractivity contribution in [3.8, 4) is 0 Å². The van der Waals surface area contributed by atoms with Gasteiger partial charge in [-0.25, -0.2) is 4.39 Å². The Morgan fingerprint density at radius 1 is 1.25 bits per heavy atom. The van der Waals surface area contributed by atoms with Gasteiger partial charge < -0.3 is 16.4 Å². The molecular formula is C22H26FN3O2. The lowest BCUT2D eigenvalue weighted by molar-refractivity contribution is -0.122. The first-order chi connectivity index (χ1) is 13.3. The van der Waals surface area contributed by atoms with Crippen LogP contribution in [0.1, 0.15) is 34.8 Å². The summed E-state index contributed by atoms with van der Waals surface area (Å²) in [4.78, 5) is 24.0. The first-order valence-electron chi connectivity index (χ1n) is 9.44. The molecule has 0 spiro atoms. The van der Waals surface area contributed by atoms with E-state index in [0.717, 1.165) is 6.42 Å². The lowest BCUT2D eigenvalue weighted by Crippen LogP contribution is -2.40. The van der Waals surface area contributed by atoms with Crippen molar-refractivity contribution in [2.75, 3.05) is 13.6 Å². The number of nitrogens with two attached hydrogens (primary N) is 1. The molecule has 1 fully saturated rings. The van der Waals surface area contributed by atoms with Gasteiger partial charge in [-0.05, 0) is 36.1 Å². The van der Waals surface area contributed by atoms with Crippen molar-refractivity contribution in [2.45, 2.75) is 31.2 Å². The number of nitrogens with one attached hydrogen (secondary N) is 2. The van der Waals surface area contributed by atoms with Gasteiger partial charge in [0.25, 0.3) is 5.91 Å². The summed E-state index contributed by atoms with van der Waals surface area (Å²) in [5, 5.41) is 5.32. The molecule has 1 saturated carbocycles. The zero-order chi connectivity index (χ0) is 20.3. The molecule has 4 N–H and O–H groups in total. The van der Waals surface area contributed by atoms with Gasteiger partial charge in [0.1, 0.15) is 5.82 Å². The highest BCUT2D eigenvalue weighted by Crippen LogP contribution is 2.53. The van der Waals surface area contributed by atoms with Crippen molar-refractivity contribution >= 4 is 11.8 Å². The Hall–Kier alpha value is -2.73. The smallest absolute Gasteiger partial charge is 0.253 e. The van der Waals surface area contributed by atoms with Crippen molar-refractivity contribution in [3.05, 3.63) is 71.0 Å². The van der Waals surface area contributed by atoms with Gasteiger partial charge in [0.2, 0.25) is 5.91 Å². The number of benzene rings is 2. The topological polar surface area (TPSA) is 84.2 Å². The van der Waals surface area contributed by atoms with Crippen molar-refractivity contribution in [3.63, 3.8) is 0 Å². The normalized spacial score (nSPS) is 21.6. The SMILES string of the molecule is CNC(=O)c1ccc(CC(N)CNC(=O)[C@@H]2C[C@@]2(C)c2ccccc2)cc1F. The van der Waals surface area contributed by atoms with E-state index in [1.807, 2.05) is 18.2 Å². The molecule has 1 aliphatic carbocycles. The average Bonchev–Trinajstić information content (AvgIpc) is 3.39. The van der Waals surface area contributed by atoms with Crippen molar-refractivity contribution in [1.82, 2.24) is 10.6 Å². The fourth-order valence-corrected chi connectivity index (χ4v) is 3.62. The molecule has 0 radical (unpaired) electrons. The number of hydrogen-bond acceptors (Lipinski definition) is 3. The zero-order valence-electron chi connectivity index (χ0n) is 16.2. The first kappa shape index (κ1) is 20.0. The molecule has 0 saturated heterocycles. The molecule has 5 nitrogen and oxygen atoms in total. The Labute approximate surface area is 164 Å². The Kier molecular flexibility index (Phi) is 5.79. The highest BCUT2D eigenvalue weighted by atomic mass is 19.1. The highest BCUT2D eigenvalue weighted by molar-refractivity contribution is 5.94. The number of halogens is 1. The number of carbonyl (C=O) groups is 2. The molecule has 0 aromatic heterocycles. The second kappa shape index (κ2) is 8.10. The molecule has 3 atom stereocenters. The summed E-state index contributed by atoms with van der Waals surface area (Å²) < 4.78 is 14.0. The lowest BCUT2D eigenvalue weighted by Gasteiger charge is -2.15. The van der Waals surface area contributed by atoms with Gasteiger partial charge >= 0.3 is 0 Å². The van der Waals surface area contributed by atoms with Crippen LogP contribution in [0.3, 0.4) is 0 Å². The van der Waals surface area contributed by atoms with Crippen LogP contribution in [0.5, 0.6) is 0 Å². The molecule has 3 rings (SSSR count). The zero-order valence-corrected chi connectivity index (χ0v) is 16.2. The molecule has 2 aromatic rings. The number of rotatable bonds is 7. The van der Waals surface area contributed by atoms with Crippen LogP contribution in [0.4, 0.5) is 4.39 Å². The summed E-state index contributed by atoms with van der Waals surface area (Å²) >= 11 is 0. The third kappa shape index (κ3) is 4.22. The van der Waals surface area contributed by atoms with Crippen LogP contribution in [0.15, 0.2) is 48.5 Å². The molecule has 148 valence electrons. The third-order valence-electron chi connectivity index (χ3n) is 5.53. The maximum Gasteiger partial charge on any atom is 0.253 e. The number of hydrogen-bond donors (Lipinski definition) is 3. The van der Waals surface area contributed by atoms with Crippen LogP contribution in [0.2, 0.25) is 0 Å². The minimum absolute atomic E-state index is 0.00190. The summed E-state index contributed by atoms with van der Waals surface area (Å²) in [5.74, 6) is -1.09. The maximum atomic E-state index is 14.0. The molecule has 0 aliphatic heterocycles. The van der Waals surface area contributed by atoms with Crippen LogP contribution in [0, 0.1) is 11.7 Å². The van der Waals surface area contributed by atoms with E-state index in [9.17, 15) is 14.0 Å². The van der Waals surface area contributed by atoms with E-state index in [1.165, 1.54) is 24.7 Å². The lowest BCUT2D eigenvalue weighted by atomic mass is 9.95. The standard InChI is InChI=1S/C22H26FN3O2/c1-22(15-6-4-3-5-7-15)12-18(22)21(28)26-13-16(24)10-14-8-9-17(19(23)11-14)20(27)25-2/h3-9,11,16,18H,10,12-13,24H2,1-2H3,(H,25,27)(H,26,28)/t16?,18-,22-/m0/s1. The van der Waals surface area contributed by atoms with Gasteiger partial charge in [0.15, 0.2) is 0 Å². The van der Waals surface area contributed by atoms with E-state index in [-0.39, 0.29) is 28.8 Å². The summed E-state index contributed by atoms with van der Waals surface area (Å²) in [7, 11) is 1.46. The van der Waals surface area contributed by atoms with E-state index >= 15 is 0 Å². The fraction of sp³-hybridized carbons (Fsp3) is 0.364. The second-order valence-electron chi connectivity index (χ2n) is 7.64. The van der Waals surface area contributed by atoms with E-state index in [2.05, 4.69) is 29.7 Å². The van der Waals surface area contributed by atoms with E-state index in [4.69, 9.17) is 5.73 Å². The monoisotopic (exact) mass is 383 g/mol. The predicted octanol–water partition coefficient (Wildman–Crippen LogP) is 2.15. The average molecular weight is 383 g/mol. The summed E-state index contributed by atoms with van der Waals surface area (Å²) in [6.07, 6.45) is 1.23. The first-order valence-corrected chi connectivity index (χ1v) is 9.44. The fourth-order valence-electron chi connectivity index (χ4n) is 3.62. The number of carbonyl (C=O) groups excluding carboxylic acids is 2. The summed E-state index contributed by atoms with van der Waals surface area (Å²) in [6, 6.07) is 14.2. The molecule has 1 aliphatic rings. The molecule has 0 bridgehead atoms. The van der Waals surface area contributed by atoms with Crippen LogP contribution in [0.25, 0.3) is 0 Å². The quantitative estimate of drug-likeness (QED) is 0.685. The van der Waals surface area contributed by atoms with Crippen LogP contribution < -0.4 is 16.4 Å². The third-order valence-corrected chi connectivity index (χ3v) is 5.53. The van der Waals surface area contributed by atoms with E-state index in [1.54, 1.807) is 6.07 Å². The van der Waals surface area contributed by atoms with E-state index < -0.39 is 11.7 Å². The number of amides is 2. The van der Waals surface area contributed by atoms with Crippen LogP contribution in [-0.2, 0) is 16.6 Å². The summed E-state index contributed by atoms with van der Waals surface area (Å²) in [6.45, 7) is 2.42. The highest BCUT2D eigenvalue weighted by Gasteiger charge is 2.55. The molecule has 0 heterocycles. The second-order valence-corrected chi connectivity index (χ2v) is 7.64. The summed E-state index contributed by atoms with van der Waals surface area (Å²) in [5.41, 5.74) is 7.86. The Bertz CT molecular complexity index is 871. The maximum absolute atomic E-state index is 14.0. The Balaban J connectivity index is 1.51. The molecular weight excluding hydrogens is 357 g/mol. The molecule has 6 heteroatoms. The molecule has 2 aromatic carbocycles. The minimum atomic E-state index is -0.579. The van der Waals surface area contributed by atoms with Gasteiger partial charge in [0.05, 0.1) is 5.56 Å². The van der Waals surface area contributed by atoms with Gasteiger partial charge in [-0.15, -0.1) is 0 Å². The largest absolute Gasteiger partial charge is 0.355 e. The van der Waals surface area contributed by atoms with Crippen LogP contribution in [-0.4, -0.2) is 31.4 Å². The van der Waals surface area contributed by atoms with Gasteiger partial charge in [-0.2, -0.15) is 0 Å². The minimum Gasteiger partial charge on any atom is -0.355 e. The van der Waals surface area contributed by atoms with Crippen molar-refractivity contribution in [2.24, 2.45) is 11.7 Å². The van der Waals surface area contributed by atoms with Gasteiger partial charge in [0, 0.05) is 31.0 Å².